The van der Waals surface area contributed by atoms with Crippen LogP contribution in [0.5, 0.6) is 5.75 Å². The number of Topliss-reactive ketones (excluding diaryl/α,β-unsaturated/α-hetero) is 1. The largest absolute Gasteiger partial charge is 0.479 e. The van der Waals surface area contributed by atoms with Crippen molar-refractivity contribution in [2.45, 2.75) is 6.92 Å². The maximum atomic E-state index is 13.4. The quantitative estimate of drug-likeness (QED) is 0.822. The molecule has 0 aliphatic heterocycles. The molecule has 0 fully saturated rings. The van der Waals surface area contributed by atoms with Gasteiger partial charge in [-0.3, -0.25) is 4.79 Å². The van der Waals surface area contributed by atoms with Crippen molar-refractivity contribution in [2.75, 3.05) is 18.5 Å². The summed E-state index contributed by atoms with van der Waals surface area (Å²) in [5.41, 5.74) is 0.150. The van der Waals surface area contributed by atoms with Gasteiger partial charge in [0.1, 0.15) is 24.0 Å². The monoisotopic (exact) mass is 255 g/mol. The number of rotatable bonds is 5. The zero-order valence-electron chi connectivity index (χ0n) is 9.22. The number of benzene rings is 1. The van der Waals surface area contributed by atoms with Crippen molar-refractivity contribution in [1.82, 2.24) is 0 Å². The summed E-state index contributed by atoms with van der Waals surface area (Å²) in [4.78, 5) is 10.8. The highest BCUT2D eigenvalue weighted by atomic mass is 35.5. The van der Waals surface area contributed by atoms with Crippen LogP contribution in [0.25, 0.3) is 0 Å². The molecule has 1 N–H and O–H groups in total. The Kier molecular flexibility index (Phi) is 4.80. The van der Waals surface area contributed by atoms with Gasteiger partial charge >= 0.3 is 0 Å². The van der Waals surface area contributed by atoms with E-state index in [0.29, 0.717) is 0 Å². The van der Waals surface area contributed by atoms with E-state index in [4.69, 9.17) is 22.8 Å². The highest BCUT2D eigenvalue weighted by Gasteiger charge is 2.09. The molecule has 0 unspecified atom stereocenters. The molecule has 5 heteroatoms. The summed E-state index contributed by atoms with van der Waals surface area (Å²) in [6.07, 6.45) is 5.04. The first kappa shape index (κ1) is 13.3. The highest BCUT2D eigenvalue weighted by Crippen LogP contribution is 2.30. The standard InChI is InChI=1S/C12H11ClFNO2/c1-3-4-17-12-6-11(15-7-8(2)16)10(14)5-9(12)13/h1,5-6,15H,4,7H2,2H3. The summed E-state index contributed by atoms with van der Waals surface area (Å²) < 4.78 is 18.6. The van der Waals surface area contributed by atoms with Crippen LogP contribution in [0.1, 0.15) is 6.92 Å². The Morgan fingerprint density at radius 3 is 2.94 bits per heavy atom. The zero-order valence-corrected chi connectivity index (χ0v) is 9.97. The molecule has 0 aromatic heterocycles. The molecule has 0 spiro atoms. The summed E-state index contributed by atoms with van der Waals surface area (Å²) in [6.45, 7) is 1.47. The molecule has 0 amide bonds. The van der Waals surface area contributed by atoms with Gasteiger partial charge in [-0.1, -0.05) is 17.5 Å². The molecule has 0 bridgehead atoms. The fourth-order valence-corrected chi connectivity index (χ4v) is 1.32. The van der Waals surface area contributed by atoms with E-state index < -0.39 is 5.82 Å². The van der Waals surface area contributed by atoms with Gasteiger partial charge in [0.15, 0.2) is 0 Å². The minimum atomic E-state index is -0.552. The van der Waals surface area contributed by atoms with Crippen LogP contribution in [0.2, 0.25) is 5.02 Å². The zero-order chi connectivity index (χ0) is 12.8. The van der Waals surface area contributed by atoms with Gasteiger partial charge in [0, 0.05) is 6.07 Å². The molecule has 0 atom stereocenters. The molecule has 17 heavy (non-hydrogen) atoms. The number of ether oxygens (including phenoxy) is 1. The van der Waals surface area contributed by atoms with Crippen LogP contribution in [0.3, 0.4) is 0 Å². The van der Waals surface area contributed by atoms with Gasteiger partial charge in [0.25, 0.3) is 0 Å². The molecule has 0 saturated carbocycles. The van der Waals surface area contributed by atoms with Crippen molar-refractivity contribution in [3.05, 3.63) is 23.0 Å². The maximum absolute atomic E-state index is 13.4. The number of anilines is 1. The molecule has 1 rings (SSSR count). The van der Waals surface area contributed by atoms with Crippen molar-refractivity contribution in [2.24, 2.45) is 0 Å². The number of hydrogen-bond acceptors (Lipinski definition) is 3. The molecule has 0 radical (unpaired) electrons. The lowest BCUT2D eigenvalue weighted by Crippen LogP contribution is -2.11. The summed E-state index contributed by atoms with van der Waals surface area (Å²) in [5.74, 6) is 1.90. The van der Waals surface area contributed by atoms with E-state index in [1.165, 1.54) is 13.0 Å². The molecule has 0 saturated heterocycles. The molecule has 1 aromatic rings. The predicted molar refractivity (Wildman–Crippen MR) is 64.9 cm³/mol. The molecular weight excluding hydrogens is 245 g/mol. The Labute approximate surface area is 104 Å². The number of ketones is 1. The number of carbonyl (C=O) groups is 1. The average molecular weight is 256 g/mol. The molecule has 0 aliphatic carbocycles. The first-order chi connectivity index (χ1) is 8.04. The van der Waals surface area contributed by atoms with Crippen LogP contribution in [0.4, 0.5) is 10.1 Å². The second-order valence-electron chi connectivity index (χ2n) is 3.31. The third-order valence-electron chi connectivity index (χ3n) is 1.86. The van der Waals surface area contributed by atoms with Crippen LogP contribution < -0.4 is 10.1 Å². The van der Waals surface area contributed by atoms with Gasteiger partial charge in [-0.2, -0.15) is 0 Å². The molecule has 0 heterocycles. The lowest BCUT2D eigenvalue weighted by Gasteiger charge is -2.10. The molecule has 3 nitrogen and oxygen atoms in total. The lowest BCUT2D eigenvalue weighted by molar-refractivity contribution is -0.115. The Bertz CT molecular complexity index is 468. The molecule has 0 aliphatic rings. The van der Waals surface area contributed by atoms with E-state index in [1.54, 1.807) is 0 Å². The second kappa shape index (κ2) is 6.12. The van der Waals surface area contributed by atoms with E-state index in [0.717, 1.165) is 6.07 Å². The molecule has 90 valence electrons. The minimum absolute atomic E-state index is 0.0349. The summed E-state index contributed by atoms with van der Waals surface area (Å²) in [6, 6.07) is 2.48. The number of halogens is 2. The highest BCUT2D eigenvalue weighted by molar-refractivity contribution is 6.32. The van der Waals surface area contributed by atoms with E-state index in [9.17, 15) is 9.18 Å². The topological polar surface area (TPSA) is 38.3 Å². The van der Waals surface area contributed by atoms with Gasteiger partial charge < -0.3 is 10.1 Å². The number of terminal acetylenes is 1. The van der Waals surface area contributed by atoms with Gasteiger partial charge in [-0.25, -0.2) is 4.39 Å². The van der Waals surface area contributed by atoms with E-state index in [-0.39, 0.29) is 35.4 Å². The summed E-state index contributed by atoms with van der Waals surface area (Å²) >= 11 is 5.77. The Balaban J connectivity index is 2.89. The van der Waals surface area contributed by atoms with Crippen LogP contribution in [0.15, 0.2) is 12.1 Å². The van der Waals surface area contributed by atoms with Gasteiger partial charge in [-0.15, -0.1) is 6.42 Å². The van der Waals surface area contributed by atoms with Gasteiger partial charge in [0.2, 0.25) is 0 Å². The van der Waals surface area contributed by atoms with Crippen molar-refractivity contribution in [3.63, 3.8) is 0 Å². The summed E-state index contributed by atoms with van der Waals surface area (Å²) in [7, 11) is 0. The van der Waals surface area contributed by atoms with E-state index in [1.807, 2.05) is 0 Å². The van der Waals surface area contributed by atoms with Crippen molar-refractivity contribution in [1.29, 1.82) is 0 Å². The maximum Gasteiger partial charge on any atom is 0.148 e. The van der Waals surface area contributed by atoms with Crippen molar-refractivity contribution >= 4 is 23.1 Å². The predicted octanol–water partition coefficient (Wildman–Crippen LogP) is 2.49. The Morgan fingerprint density at radius 2 is 2.35 bits per heavy atom. The van der Waals surface area contributed by atoms with Crippen LogP contribution >= 0.6 is 11.6 Å². The fraction of sp³-hybridized carbons (Fsp3) is 0.250. The van der Waals surface area contributed by atoms with Gasteiger partial charge in [0.05, 0.1) is 17.3 Å². The van der Waals surface area contributed by atoms with E-state index >= 15 is 0 Å². The summed E-state index contributed by atoms with van der Waals surface area (Å²) in [5, 5.41) is 2.77. The Hall–Kier alpha value is -1.73. The third kappa shape index (κ3) is 3.97. The Morgan fingerprint density at radius 1 is 1.65 bits per heavy atom. The molecular formula is C12H11ClFNO2. The number of carbonyl (C=O) groups excluding carboxylic acids is 1. The lowest BCUT2D eigenvalue weighted by atomic mass is 10.2. The average Bonchev–Trinajstić information content (AvgIpc) is 2.26. The van der Waals surface area contributed by atoms with Crippen molar-refractivity contribution < 1.29 is 13.9 Å². The third-order valence-corrected chi connectivity index (χ3v) is 2.16. The smallest absolute Gasteiger partial charge is 0.148 e. The fourth-order valence-electron chi connectivity index (χ4n) is 1.11. The second-order valence-corrected chi connectivity index (χ2v) is 3.72. The minimum Gasteiger partial charge on any atom is -0.479 e. The number of nitrogens with one attached hydrogen (secondary N) is 1. The van der Waals surface area contributed by atoms with Crippen molar-refractivity contribution in [3.8, 4) is 18.1 Å². The van der Waals surface area contributed by atoms with Crippen LogP contribution in [-0.4, -0.2) is 18.9 Å². The van der Waals surface area contributed by atoms with Crippen LogP contribution in [-0.2, 0) is 4.79 Å². The van der Waals surface area contributed by atoms with Crippen LogP contribution in [0, 0.1) is 18.2 Å². The molecule has 1 aromatic carbocycles. The normalized spacial score (nSPS) is 9.53. The number of hydrogen-bond donors (Lipinski definition) is 1. The van der Waals surface area contributed by atoms with Gasteiger partial charge in [-0.05, 0) is 13.0 Å². The first-order valence-electron chi connectivity index (χ1n) is 4.83. The first-order valence-corrected chi connectivity index (χ1v) is 5.21. The SMILES string of the molecule is C#CCOc1cc(NCC(C)=O)c(F)cc1Cl. The van der Waals surface area contributed by atoms with E-state index in [2.05, 4.69) is 11.2 Å².